The van der Waals surface area contributed by atoms with E-state index < -0.39 is 30.3 Å². The summed E-state index contributed by atoms with van der Waals surface area (Å²) in [6.45, 7) is 2.27. The van der Waals surface area contributed by atoms with Gasteiger partial charge in [0.25, 0.3) is 0 Å². The van der Waals surface area contributed by atoms with Crippen molar-refractivity contribution < 1.29 is 22.0 Å². The number of hydrogen-bond acceptors (Lipinski definition) is 1. The third-order valence-electron chi connectivity index (χ3n) is 2.67. The van der Waals surface area contributed by atoms with Gasteiger partial charge in [-0.15, -0.1) is 0 Å². The fourth-order valence-electron chi connectivity index (χ4n) is 1.92. The highest BCUT2D eigenvalue weighted by Crippen LogP contribution is 2.23. The molecule has 1 N–H and O–H groups in total. The van der Waals surface area contributed by atoms with Gasteiger partial charge in [0.05, 0.1) is 0 Å². The number of nitrogens with one attached hydrogen (secondary N) is 1. The first-order valence-electron chi connectivity index (χ1n) is 6.05. The van der Waals surface area contributed by atoms with Crippen molar-refractivity contribution in [3.8, 4) is 0 Å². The van der Waals surface area contributed by atoms with Crippen molar-refractivity contribution in [2.45, 2.75) is 38.4 Å². The van der Waals surface area contributed by atoms with Gasteiger partial charge in [-0.2, -0.15) is 13.2 Å². The van der Waals surface area contributed by atoms with Crippen molar-refractivity contribution in [3.63, 3.8) is 0 Å². The Hall–Kier alpha value is -1.17. The Kier molecular flexibility index (Phi) is 5.72. The minimum atomic E-state index is -4.22. The number of alkyl halides is 3. The summed E-state index contributed by atoms with van der Waals surface area (Å²) in [5.74, 6) is -1.44. The van der Waals surface area contributed by atoms with Gasteiger partial charge in [0.2, 0.25) is 0 Å². The molecule has 19 heavy (non-hydrogen) atoms. The van der Waals surface area contributed by atoms with Gasteiger partial charge in [-0.05, 0) is 37.1 Å². The van der Waals surface area contributed by atoms with E-state index in [2.05, 4.69) is 5.32 Å². The standard InChI is InChI=1S/C13H16F5N/c1-2-19-12(3-4-13(16,17)18)7-9-5-10(14)8-11(15)6-9/h5-6,8,12,19H,2-4,7H2,1H3. The maximum absolute atomic E-state index is 13.0. The van der Waals surface area contributed by atoms with Crippen molar-refractivity contribution in [1.29, 1.82) is 0 Å². The van der Waals surface area contributed by atoms with E-state index in [0.717, 1.165) is 18.2 Å². The van der Waals surface area contributed by atoms with E-state index in [4.69, 9.17) is 0 Å². The summed E-state index contributed by atoms with van der Waals surface area (Å²) in [6.07, 6.45) is -5.09. The van der Waals surface area contributed by atoms with Gasteiger partial charge in [0, 0.05) is 18.5 Å². The van der Waals surface area contributed by atoms with Gasteiger partial charge in [0.15, 0.2) is 0 Å². The second-order valence-electron chi connectivity index (χ2n) is 4.39. The van der Waals surface area contributed by atoms with Crippen LogP contribution >= 0.6 is 0 Å². The average molecular weight is 281 g/mol. The van der Waals surface area contributed by atoms with E-state index in [1.54, 1.807) is 6.92 Å². The molecular weight excluding hydrogens is 265 g/mol. The Balaban J connectivity index is 2.66. The molecule has 1 atom stereocenters. The molecule has 6 heteroatoms. The van der Waals surface area contributed by atoms with Crippen LogP contribution in [0, 0.1) is 11.6 Å². The fourth-order valence-corrected chi connectivity index (χ4v) is 1.92. The van der Waals surface area contributed by atoms with E-state index in [0.29, 0.717) is 12.1 Å². The van der Waals surface area contributed by atoms with Crippen LogP contribution in [0.25, 0.3) is 0 Å². The molecule has 0 aliphatic carbocycles. The largest absolute Gasteiger partial charge is 0.389 e. The molecule has 1 aromatic rings. The molecule has 0 heterocycles. The van der Waals surface area contributed by atoms with Gasteiger partial charge in [0.1, 0.15) is 11.6 Å². The molecule has 0 aromatic heterocycles. The zero-order valence-corrected chi connectivity index (χ0v) is 10.5. The highest BCUT2D eigenvalue weighted by molar-refractivity contribution is 5.19. The monoisotopic (exact) mass is 281 g/mol. The molecule has 0 radical (unpaired) electrons. The van der Waals surface area contributed by atoms with Gasteiger partial charge >= 0.3 is 6.18 Å². The normalized spacial score (nSPS) is 13.6. The third kappa shape index (κ3) is 6.52. The number of rotatable bonds is 6. The van der Waals surface area contributed by atoms with Crippen LogP contribution in [0.5, 0.6) is 0 Å². The molecule has 1 rings (SSSR count). The van der Waals surface area contributed by atoms with Crippen LogP contribution in [0.4, 0.5) is 22.0 Å². The lowest BCUT2D eigenvalue weighted by Gasteiger charge is -2.19. The predicted molar refractivity (Wildman–Crippen MR) is 62.8 cm³/mol. The SMILES string of the molecule is CCNC(CCC(F)(F)F)Cc1cc(F)cc(F)c1. The zero-order valence-electron chi connectivity index (χ0n) is 10.5. The molecular formula is C13H16F5N. The van der Waals surface area contributed by atoms with Crippen LogP contribution < -0.4 is 5.32 Å². The number of halogens is 5. The van der Waals surface area contributed by atoms with E-state index in [-0.39, 0.29) is 12.8 Å². The molecule has 0 spiro atoms. The molecule has 0 aliphatic heterocycles. The Morgan fingerprint density at radius 3 is 2.16 bits per heavy atom. The van der Waals surface area contributed by atoms with Crippen molar-refractivity contribution >= 4 is 0 Å². The molecule has 0 saturated heterocycles. The molecule has 0 fully saturated rings. The van der Waals surface area contributed by atoms with E-state index in [9.17, 15) is 22.0 Å². The minimum absolute atomic E-state index is 0.116. The van der Waals surface area contributed by atoms with Gasteiger partial charge in [-0.3, -0.25) is 0 Å². The van der Waals surface area contributed by atoms with Crippen LogP contribution in [0.1, 0.15) is 25.3 Å². The lowest BCUT2D eigenvalue weighted by atomic mass is 10.0. The lowest BCUT2D eigenvalue weighted by molar-refractivity contribution is -0.136. The first-order valence-corrected chi connectivity index (χ1v) is 6.05. The van der Waals surface area contributed by atoms with Crippen LogP contribution in [-0.4, -0.2) is 18.8 Å². The summed E-state index contributed by atoms with van der Waals surface area (Å²) in [6, 6.07) is 2.57. The number of likely N-dealkylation sites (N-methyl/N-ethyl adjacent to an activating group) is 1. The Labute approximate surface area is 108 Å². The summed E-state index contributed by atoms with van der Waals surface area (Å²) in [5.41, 5.74) is 0.352. The van der Waals surface area contributed by atoms with E-state index in [1.165, 1.54) is 0 Å². The van der Waals surface area contributed by atoms with Crippen molar-refractivity contribution in [3.05, 3.63) is 35.4 Å². The maximum Gasteiger partial charge on any atom is 0.389 e. The Morgan fingerprint density at radius 2 is 1.68 bits per heavy atom. The molecule has 0 bridgehead atoms. The number of hydrogen-bond donors (Lipinski definition) is 1. The van der Waals surface area contributed by atoms with Crippen LogP contribution in [0.15, 0.2) is 18.2 Å². The molecule has 108 valence electrons. The van der Waals surface area contributed by atoms with Gasteiger partial charge < -0.3 is 5.32 Å². The van der Waals surface area contributed by atoms with Crippen molar-refractivity contribution in [1.82, 2.24) is 5.32 Å². The Morgan fingerprint density at radius 1 is 1.11 bits per heavy atom. The summed E-state index contributed by atoms with van der Waals surface area (Å²) < 4.78 is 62.5. The van der Waals surface area contributed by atoms with E-state index in [1.807, 2.05) is 0 Å². The lowest BCUT2D eigenvalue weighted by Crippen LogP contribution is -2.32. The zero-order chi connectivity index (χ0) is 14.5. The topological polar surface area (TPSA) is 12.0 Å². The highest BCUT2D eigenvalue weighted by Gasteiger charge is 2.28. The third-order valence-corrected chi connectivity index (χ3v) is 2.67. The molecule has 1 nitrogen and oxygen atoms in total. The Bertz CT molecular complexity index is 382. The fraction of sp³-hybridized carbons (Fsp3) is 0.538. The number of benzene rings is 1. The van der Waals surface area contributed by atoms with Gasteiger partial charge in [-0.1, -0.05) is 6.92 Å². The quantitative estimate of drug-likeness (QED) is 0.781. The first kappa shape index (κ1) is 15.9. The van der Waals surface area contributed by atoms with E-state index >= 15 is 0 Å². The second kappa shape index (κ2) is 6.84. The van der Waals surface area contributed by atoms with Crippen LogP contribution in [-0.2, 0) is 6.42 Å². The van der Waals surface area contributed by atoms with Crippen LogP contribution in [0.2, 0.25) is 0 Å². The molecule has 0 amide bonds. The van der Waals surface area contributed by atoms with Crippen molar-refractivity contribution in [2.75, 3.05) is 6.54 Å². The molecule has 1 unspecified atom stereocenters. The smallest absolute Gasteiger partial charge is 0.314 e. The maximum atomic E-state index is 13.0. The second-order valence-corrected chi connectivity index (χ2v) is 4.39. The minimum Gasteiger partial charge on any atom is -0.314 e. The molecule has 0 saturated carbocycles. The van der Waals surface area contributed by atoms with Crippen LogP contribution in [0.3, 0.4) is 0 Å². The average Bonchev–Trinajstić information content (AvgIpc) is 2.23. The highest BCUT2D eigenvalue weighted by atomic mass is 19.4. The van der Waals surface area contributed by atoms with Gasteiger partial charge in [-0.25, -0.2) is 8.78 Å². The summed E-state index contributed by atoms with van der Waals surface area (Å²) in [5, 5.41) is 2.90. The molecule has 0 aliphatic rings. The predicted octanol–water partition coefficient (Wildman–Crippen LogP) is 3.83. The summed E-state index contributed by atoms with van der Waals surface area (Å²) in [7, 11) is 0. The molecule has 1 aromatic carbocycles. The summed E-state index contributed by atoms with van der Waals surface area (Å²) >= 11 is 0. The summed E-state index contributed by atoms with van der Waals surface area (Å²) in [4.78, 5) is 0. The van der Waals surface area contributed by atoms with Crippen molar-refractivity contribution in [2.24, 2.45) is 0 Å². The first-order chi connectivity index (χ1) is 8.80.